The summed E-state index contributed by atoms with van der Waals surface area (Å²) < 4.78 is 0. The van der Waals surface area contributed by atoms with E-state index in [0.717, 1.165) is 6.42 Å². The summed E-state index contributed by atoms with van der Waals surface area (Å²) in [6.45, 7) is 2.33. The minimum Gasteiger partial charge on any atom is -0.388 e. The molecule has 0 saturated heterocycles. The molecule has 0 aromatic carbocycles. The van der Waals surface area contributed by atoms with Crippen LogP contribution in [0.5, 0.6) is 0 Å². The van der Waals surface area contributed by atoms with E-state index in [2.05, 4.69) is 0 Å². The number of aliphatic hydroxyl groups is 1. The second kappa shape index (κ2) is 4.81. The standard InChI is InChI=1S/C6H13NO/c1-2-3-4-6(8)5-7/h3-4,6,8H,2,5,7H2,1H3/b4-3+. The molecule has 1 unspecified atom stereocenters. The molecule has 0 amide bonds. The van der Waals surface area contributed by atoms with Gasteiger partial charge in [0.1, 0.15) is 0 Å². The fourth-order valence-electron chi connectivity index (χ4n) is 0.372. The van der Waals surface area contributed by atoms with Gasteiger partial charge in [0.2, 0.25) is 0 Å². The molecule has 0 saturated carbocycles. The van der Waals surface area contributed by atoms with E-state index < -0.39 is 6.10 Å². The van der Waals surface area contributed by atoms with E-state index in [4.69, 9.17) is 10.8 Å². The molecule has 3 N–H and O–H groups in total. The average molecular weight is 115 g/mol. The van der Waals surface area contributed by atoms with E-state index in [9.17, 15) is 0 Å². The van der Waals surface area contributed by atoms with Crippen LogP contribution in [0.2, 0.25) is 0 Å². The zero-order valence-electron chi connectivity index (χ0n) is 5.17. The summed E-state index contributed by atoms with van der Waals surface area (Å²) in [6, 6.07) is 0. The lowest BCUT2D eigenvalue weighted by Crippen LogP contribution is -2.16. The summed E-state index contributed by atoms with van der Waals surface area (Å²) in [6.07, 6.45) is 4.11. The van der Waals surface area contributed by atoms with Crippen molar-refractivity contribution >= 4 is 0 Å². The number of rotatable bonds is 3. The highest BCUT2D eigenvalue weighted by Crippen LogP contribution is 1.84. The predicted octanol–water partition coefficient (Wildman–Crippen LogP) is 0.272. The van der Waals surface area contributed by atoms with Gasteiger partial charge in [0, 0.05) is 6.54 Å². The van der Waals surface area contributed by atoms with Crippen molar-refractivity contribution in [3.8, 4) is 0 Å². The molecule has 0 spiro atoms. The highest BCUT2D eigenvalue weighted by Gasteiger charge is 1.89. The Kier molecular flexibility index (Phi) is 4.61. The van der Waals surface area contributed by atoms with Gasteiger partial charge in [-0.1, -0.05) is 19.1 Å². The molecular weight excluding hydrogens is 102 g/mol. The molecule has 2 nitrogen and oxygen atoms in total. The maximum atomic E-state index is 8.78. The fourth-order valence-corrected chi connectivity index (χ4v) is 0.372. The van der Waals surface area contributed by atoms with Gasteiger partial charge in [0.05, 0.1) is 6.10 Å². The van der Waals surface area contributed by atoms with Crippen molar-refractivity contribution in [2.75, 3.05) is 6.54 Å². The number of hydrogen-bond donors (Lipinski definition) is 2. The summed E-state index contributed by atoms with van der Waals surface area (Å²) in [5.74, 6) is 0. The van der Waals surface area contributed by atoms with Crippen LogP contribution in [0.3, 0.4) is 0 Å². The Labute approximate surface area is 50.0 Å². The Bertz CT molecular complexity index is 70.9. The summed E-state index contributed by atoms with van der Waals surface area (Å²) in [5, 5.41) is 8.78. The topological polar surface area (TPSA) is 46.2 Å². The van der Waals surface area contributed by atoms with Crippen LogP contribution < -0.4 is 5.73 Å². The summed E-state index contributed by atoms with van der Waals surface area (Å²) >= 11 is 0. The molecule has 0 aliphatic heterocycles. The minimum atomic E-state index is -0.449. The first kappa shape index (κ1) is 7.66. The first-order valence-corrected chi connectivity index (χ1v) is 2.86. The van der Waals surface area contributed by atoms with Crippen molar-refractivity contribution in [2.45, 2.75) is 19.4 Å². The summed E-state index contributed by atoms with van der Waals surface area (Å²) in [5.41, 5.74) is 5.11. The first-order valence-electron chi connectivity index (χ1n) is 2.86. The second-order valence-corrected chi connectivity index (χ2v) is 1.64. The third kappa shape index (κ3) is 3.84. The minimum absolute atomic E-state index is 0.316. The number of hydrogen-bond acceptors (Lipinski definition) is 2. The normalized spacial score (nSPS) is 14.9. The molecule has 0 radical (unpaired) electrons. The largest absolute Gasteiger partial charge is 0.388 e. The number of allylic oxidation sites excluding steroid dienone is 1. The molecule has 0 rings (SSSR count). The summed E-state index contributed by atoms with van der Waals surface area (Å²) in [4.78, 5) is 0. The third-order valence-corrected chi connectivity index (χ3v) is 0.835. The monoisotopic (exact) mass is 115 g/mol. The Balaban J connectivity index is 3.21. The van der Waals surface area contributed by atoms with Crippen molar-refractivity contribution in [3.63, 3.8) is 0 Å². The van der Waals surface area contributed by atoms with Crippen LogP contribution in [0, 0.1) is 0 Å². The lowest BCUT2D eigenvalue weighted by atomic mass is 10.3. The van der Waals surface area contributed by atoms with Crippen LogP contribution in [0.1, 0.15) is 13.3 Å². The molecule has 0 fully saturated rings. The van der Waals surface area contributed by atoms with Gasteiger partial charge in [-0.2, -0.15) is 0 Å². The van der Waals surface area contributed by atoms with Crippen molar-refractivity contribution < 1.29 is 5.11 Å². The molecule has 0 aromatic rings. The molecule has 0 bridgehead atoms. The quantitative estimate of drug-likeness (QED) is 0.519. The van der Waals surface area contributed by atoms with Gasteiger partial charge in [-0.05, 0) is 6.42 Å². The van der Waals surface area contributed by atoms with Gasteiger partial charge in [-0.25, -0.2) is 0 Å². The van der Waals surface area contributed by atoms with Crippen molar-refractivity contribution in [3.05, 3.63) is 12.2 Å². The van der Waals surface area contributed by atoms with Crippen LogP contribution >= 0.6 is 0 Å². The lowest BCUT2D eigenvalue weighted by molar-refractivity contribution is 0.231. The van der Waals surface area contributed by atoms with Gasteiger partial charge in [0.25, 0.3) is 0 Å². The van der Waals surface area contributed by atoms with E-state index in [0.29, 0.717) is 6.54 Å². The van der Waals surface area contributed by atoms with E-state index in [1.54, 1.807) is 6.08 Å². The van der Waals surface area contributed by atoms with Crippen LogP contribution in [-0.2, 0) is 0 Å². The van der Waals surface area contributed by atoms with Gasteiger partial charge < -0.3 is 10.8 Å². The number of nitrogens with two attached hydrogens (primary N) is 1. The van der Waals surface area contributed by atoms with Gasteiger partial charge in [-0.15, -0.1) is 0 Å². The van der Waals surface area contributed by atoms with E-state index in [1.807, 2.05) is 13.0 Å². The summed E-state index contributed by atoms with van der Waals surface area (Å²) in [7, 11) is 0. The van der Waals surface area contributed by atoms with Gasteiger partial charge in [0.15, 0.2) is 0 Å². The lowest BCUT2D eigenvalue weighted by Gasteiger charge is -1.96. The van der Waals surface area contributed by atoms with Gasteiger partial charge in [-0.3, -0.25) is 0 Å². The molecular formula is C6H13NO. The molecule has 0 aromatic heterocycles. The molecule has 2 heteroatoms. The highest BCUT2D eigenvalue weighted by atomic mass is 16.3. The smallest absolute Gasteiger partial charge is 0.0843 e. The second-order valence-electron chi connectivity index (χ2n) is 1.64. The van der Waals surface area contributed by atoms with Crippen LogP contribution in [0.4, 0.5) is 0 Å². The molecule has 48 valence electrons. The SMILES string of the molecule is CC/C=C/C(O)CN. The maximum Gasteiger partial charge on any atom is 0.0843 e. The average Bonchev–Trinajstić information content (AvgIpc) is 1.83. The molecule has 1 atom stereocenters. The highest BCUT2D eigenvalue weighted by molar-refractivity contribution is 4.87. The fraction of sp³-hybridized carbons (Fsp3) is 0.667. The van der Waals surface area contributed by atoms with Gasteiger partial charge >= 0.3 is 0 Å². The Hall–Kier alpha value is -0.340. The zero-order chi connectivity index (χ0) is 6.41. The van der Waals surface area contributed by atoms with Crippen molar-refractivity contribution in [2.24, 2.45) is 5.73 Å². The zero-order valence-corrected chi connectivity index (χ0v) is 5.17. The first-order chi connectivity index (χ1) is 3.81. The Morgan fingerprint density at radius 2 is 2.38 bits per heavy atom. The molecule has 0 heterocycles. The van der Waals surface area contributed by atoms with E-state index in [-0.39, 0.29) is 0 Å². The maximum absolute atomic E-state index is 8.78. The van der Waals surface area contributed by atoms with E-state index >= 15 is 0 Å². The molecule has 8 heavy (non-hydrogen) atoms. The van der Waals surface area contributed by atoms with Crippen molar-refractivity contribution in [1.29, 1.82) is 0 Å². The Morgan fingerprint density at radius 1 is 1.75 bits per heavy atom. The van der Waals surface area contributed by atoms with E-state index in [1.165, 1.54) is 0 Å². The Morgan fingerprint density at radius 3 is 2.75 bits per heavy atom. The molecule has 0 aliphatic rings. The molecule has 0 aliphatic carbocycles. The van der Waals surface area contributed by atoms with Crippen LogP contribution in [0.25, 0.3) is 0 Å². The third-order valence-electron chi connectivity index (χ3n) is 0.835. The predicted molar refractivity (Wildman–Crippen MR) is 34.5 cm³/mol. The van der Waals surface area contributed by atoms with Crippen molar-refractivity contribution in [1.82, 2.24) is 0 Å². The number of aliphatic hydroxyl groups excluding tert-OH is 1. The van der Waals surface area contributed by atoms with Crippen LogP contribution in [-0.4, -0.2) is 17.8 Å². The van der Waals surface area contributed by atoms with Crippen LogP contribution in [0.15, 0.2) is 12.2 Å².